The van der Waals surface area contributed by atoms with E-state index >= 15 is 0 Å². The van der Waals surface area contributed by atoms with Crippen molar-refractivity contribution in [2.45, 2.75) is 13.5 Å². The van der Waals surface area contributed by atoms with Crippen LogP contribution in [0.2, 0.25) is 0 Å². The molecule has 0 unspecified atom stereocenters. The predicted molar refractivity (Wildman–Crippen MR) is 161 cm³/mol. The Labute approximate surface area is 243 Å². The lowest BCUT2D eigenvalue weighted by Crippen LogP contribution is -2.38. The molecule has 0 radical (unpaired) electrons. The van der Waals surface area contributed by atoms with Gasteiger partial charge in [0.05, 0.1) is 50.4 Å². The van der Waals surface area contributed by atoms with Crippen LogP contribution in [0.25, 0.3) is 33.5 Å². The van der Waals surface area contributed by atoms with E-state index < -0.39 is 0 Å². The third-order valence-electron chi connectivity index (χ3n) is 7.69. The van der Waals surface area contributed by atoms with Crippen molar-refractivity contribution in [3.8, 4) is 22.6 Å². The first kappa shape index (κ1) is 26.5. The van der Waals surface area contributed by atoms with Crippen molar-refractivity contribution in [2.75, 3.05) is 69.4 Å². The number of H-pyrrole nitrogens is 1. The van der Waals surface area contributed by atoms with Gasteiger partial charge in [-0.1, -0.05) is 12.1 Å². The van der Waals surface area contributed by atoms with E-state index in [1.807, 2.05) is 43.5 Å². The molecule has 0 amide bonds. The maximum atomic E-state index is 5.58. The second-order valence-corrected chi connectivity index (χ2v) is 10.6. The van der Waals surface area contributed by atoms with E-state index in [-0.39, 0.29) is 0 Å². The molecule has 2 aliphatic rings. The Balaban J connectivity index is 1.18. The van der Waals surface area contributed by atoms with Gasteiger partial charge < -0.3 is 19.7 Å². The van der Waals surface area contributed by atoms with Crippen molar-refractivity contribution in [3.05, 3.63) is 60.6 Å². The molecule has 12 heteroatoms. The van der Waals surface area contributed by atoms with Gasteiger partial charge in [-0.15, -0.1) is 0 Å². The standard InChI is InChI=1S/C30H34N10O2/c1-21-32-29(37-36-21)22-4-6-25(7-5-22)33-28-19-26(34-30(35-28)39-12-16-42-17-13-39)23-2-3-24-20-31-40(27(24)18-23)9-8-38-10-14-41-15-11-38/h2-7,18-20H,8-17H2,1H3,(H,32,36,37)(H,33,34,35). The zero-order valence-electron chi connectivity index (χ0n) is 23.7. The van der Waals surface area contributed by atoms with E-state index in [0.29, 0.717) is 25.0 Å². The molecule has 0 bridgehead atoms. The average molecular weight is 567 g/mol. The molecule has 3 aromatic heterocycles. The fourth-order valence-electron chi connectivity index (χ4n) is 5.34. The highest BCUT2D eigenvalue weighted by Crippen LogP contribution is 2.29. The fraction of sp³-hybridized carbons (Fsp3) is 0.367. The summed E-state index contributed by atoms with van der Waals surface area (Å²) in [7, 11) is 0. The lowest BCUT2D eigenvalue weighted by Gasteiger charge is -2.27. The first-order valence-electron chi connectivity index (χ1n) is 14.4. The number of rotatable bonds is 8. The highest BCUT2D eigenvalue weighted by atomic mass is 16.5. The quantitative estimate of drug-likeness (QED) is 0.289. The topological polar surface area (TPSA) is 122 Å². The third-order valence-corrected chi connectivity index (χ3v) is 7.69. The molecule has 0 spiro atoms. The monoisotopic (exact) mass is 566 g/mol. The lowest BCUT2D eigenvalue weighted by atomic mass is 10.1. The van der Waals surface area contributed by atoms with Crippen molar-refractivity contribution in [1.29, 1.82) is 0 Å². The zero-order valence-corrected chi connectivity index (χ0v) is 23.7. The summed E-state index contributed by atoms with van der Waals surface area (Å²) >= 11 is 0. The molecule has 2 aromatic carbocycles. The molecule has 7 rings (SSSR count). The molecule has 2 N–H and O–H groups in total. The van der Waals surface area contributed by atoms with Gasteiger partial charge in [0.2, 0.25) is 5.95 Å². The molecule has 0 atom stereocenters. The SMILES string of the molecule is Cc1nc(-c2ccc(Nc3cc(-c4ccc5cnn(CCN6CCOCC6)c5c4)nc(N4CCOCC4)n3)cc2)n[nH]1. The van der Waals surface area contributed by atoms with Gasteiger partial charge in [-0.3, -0.25) is 14.7 Å². The van der Waals surface area contributed by atoms with E-state index in [2.05, 4.69) is 58.3 Å². The number of aromatic nitrogens is 7. The Morgan fingerprint density at radius 3 is 2.36 bits per heavy atom. The molecule has 12 nitrogen and oxygen atoms in total. The molecule has 0 aliphatic carbocycles. The summed E-state index contributed by atoms with van der Waals surface area (Å²) in [6.45, 7) is 10.0. The van der Waals surface area contributed by atoms with Crippen LogP contribution in [0.3, 0.4) is 0 Å². The molecular weight excluding hydrogens is 532 g/mol. The third kappa shape index (κ3) is 5.82. The molecular formula is C30H34N10O2. The number of hydrogen-bond donors (Lipinski definition) is 2. The molecule has 2 aliphatic heterocycles. The Morgan fingerprint density at radius 1 is 0.833 bits per heavy atom. The summed E-state index contributed by atoms with van der Waals surface area (Å²) < 4.78 is 13.2. The Bertz CT molecular complexity index is 1650. The van der Waals surface area contributed by atoms with Gasteiger partial charge in [-0.25, -0.2) is 9.97 Å². The Morgan fingerprint density at radius 2 is 1.60 bits per heavy atom. The lowest BCUT2D eigenvalue weighted by molar-refractivity contribution is 0.0361. The minimum absolute atomic E-state index is 0.660. The minimum atomic E-state index is 0.660. The van der Waals surface area contributed by atoms with Gasteiger partial charge in [-0.05, 0) is 37.3 Å². The number of fused-ring (bicyclic) bond motifs is 1. The first-order chi connectivity index (χ1) is 20.7. The van der Waals surface area contributed by atoms with E-state index in [1.54, 1.807) is 0 Å². The van der Waals surface area contributed by atoms with Crippen LogP contribution in [-0.2, 0) is 16.0 Å². The first-order valence-corrected chi connectivity index (χ1v) is 14.4. The smallest absolute Gasteiger partial charge is 0.228 e. The second-order valence-electron chi connectivity index (χ2n) is 10.6. The van der Waals surface area contributed by atoms with Gasteiger partial charge >= 0.3 is 0 Å². The van der Waals surface area contributed by atoms with E-state index in [1.165, 1.54) is 0 Å². The van der Waals surface area contributed by atoms with Crippen molar-refractivity contribution < 1.29 is 9.47 Å². The highest BCUT2D eigenvalue weighted by Gasteiger charge is 2.18. The van der Waals surface area contributed by atoms with Crippen LogP contribution in [0.5, 0.6) is 0 Å². The van der Waals surface area contributed by atoms with Gasteiger partial charge in [-0.2, -0.15) is 15.2 Å². The van der Waals surface area contributed by atoms with E-state index in [0.717, 1.165) is 97.5 Å². The van der Waals surface area contributed by atoms with Gasteiger partial charge in [0.25, 0.3) is 0 Å². The summed E-state index contributed by atoms with van der Waals surface area (Å²) in [5.41, 5.74) is 4.83. The van der Waals surface area contributed by atoms with Crippen LogP contribution in [0.4, 0.5) is 17.5 Å². The maximum Gasteiger partial charge on any atom is 0.228 e. The van der Waals surface area contributed by atoms with Crippen LogP contribution >= 0.6 is 0 Å². The number of hydrogen-bond acceptors (Lipinski definition) is 10. The molecule has 2 saturated heterocycles. The summed E-state index contributed by atoms with van der Waals surface area (Å²) in [5, 5.41) is 16.4. The number of ether oxygens (including phenoxy) is 2. The van der Waals surface area contributed by atoms with Gasteiger partial charge in [0.15, 0.2) is 5.82 Å². The number of nitrogens with one attached hydrogen (secondary N) is 2. The number of aromatic amines is 1. The second kappa shape index (κ2) is 11.8. The summed E-state index contributed by atoms with van der Waals surface area (Å²) in [4.78, 5) is 18.9. The van der Waals surface area contributed by atoms with E-state index in [9.17, 15) is 0 Å². The van der Waals surface area contributed by atoms with Crippen molar-refractivity contribution in [3.63, 3.8) is 0 Å². The molecule has 5 aromatic rings. The average Bonchev–Trinajstić information content (AvgIpc) is 3.67. The Hall–Kier alpha value is -4.39. The van der Waals surface area contributed by atoms with Crippen LogP contribution in [0, 0.1) is 6.92 Å². The van der Waals surface area contributed by atoms with Crippen LogP contribution in [0.1, 0.15) is 5.82 Å². The van der Waals surface area contributed by atoms with Crippen LogP contribution < -0.4 is 10.2 Å². The van der Waals surface area contributed by atoms with Gasteiger partial charge in [0, 0.05) is 61.0 Å². The number of morpholine rings is 2. The molecule has 216 valence electrons. The summed E-state index contributed by atoms with van der Waals surface area (Å²) in [6.07, 6.45) is 1.94. The highest BCUT2D eigenvalue weighted by molar-refractivity contribution is 5.84. The van der Waals surface area contributed by atoms with E-state index in [4.69, 9.17) is 19.4 Å². The zero-order chi connectivity index (χ0) is 28.3. The normalized spacial score (nSPS) is 16.3. The predicted octanol–water partition coefficient (Wildman–Crippen LogP) is 3.50. The summed E-state index contributed by atoms with van der Waals surface area (Å²) in [5.74, 6) is 2.88. The largest absolute Gasteiger partial charge is 0.379 e. The molecule has 0 saturated carbocycles. The van der Waals surface area contributed by atoms with Crippen LogP contribution in [0.15, 0.2) is 54.7 Å². The van der Waals surface area contributed by atoms with Crippen molar-refractivity contribution >= 4 is 28.4 Å². The number of benzene rings is 2. The number of nitrogens with zero attached hydrogens (tertiary/aromatic N) is 8. The van der Waals surface area contributed by atoms with Crippen molar-refractivity contribution in [1.82, 2.24) is 39.8 Å². The fourth-order valence-corrected chi connectivity index (χ4v) is 5.34. The van der Waals surface area contributed by atoms with Crippen LogP contribution in [-0.4, -0.2) is 99.0 Å². The molecule has 5 heterocycles. The number of anilines is 3. The van der Waals surface area contributed by atoms with Crippen molar-refractivity contribution in [2.24, 2.45) is 0 Å². The molecule has 42 heavy (non-hydrogen) atoms. The minimum Gasteiger partial charge on any atom is -0.379 e. The number of aryl methyl sites for hydroxylation is 1. The molecule has 2 fully saturated rings. The maximum absolute atomic E-state index is 5.58. The summed E-state index contributed by atoms with van der Waals surface area (Å²) in [6, 6.07) is 16.4. The Kier molecular flexibility index (Phi) is 7.47. The van der Waals surface area contributed by atoms with Gasteiger partial charge in [0.1, 0.15) is 11.6 Å².